The Morgan fingerprint density at radius 2 is 1.58 bits per heavy atom. The number of H-pyrrole nitrogens is 1. The number of alkyl carbamates (subject to hydrolysis) is 1. The molecule has 19 heteroatoms. The number of hydrogen-bond donors (Lipinski definition) is 4. The molecule has 3 aromatic carbocycles. The highest BCUT2D eigenvalue weighted by atomic mass is 32.2. The molecule has 2 aliphatic heterocycles. The number of benzene rings is 3. The van der Waals surface area contributed by atoms with Crippen molar-refractivity contribution in [1.29, 1.82) is 0 Å². The Hall–Kier alpha value is -6.54. The monoisotopic (exact) mass is 927 g/mol. The van der Waals surface area contributed by atoms with E-state index in [1.807, 2.05) is 62.4 Å². The number of nitrogens with zero attached hydrogens (tertiary/aromatic N) is 4. The van der Waals surface area contributed by atoms with Crippen LogP contribution in [-0.4, -0.2) is 146 Å². The van der Waals surface area contributed by atoms with E-state index in [0.29, 0.717) is 72.9 Å². The lowest BCUT2D eigenvalue weighted by atomic mass is 10.0. The van der Waals surface area contributed by atoms with Crippen LogP contribution >= 0.6 is 0 Å². The van der Waals surface area contributed by atoms with Gasteiger partial charge in [-0.05, 0) is 54.3 Å². The number of carbonyl (C=O) groups is 4. The van der Waals surface area contributed by atoms with Gasteiger partial charge in [-0.1, -0.05) is 62.4 Å². The number of sulfonamides is 1. The van der Waals surface area contributed by atoms with E-state index in [0.717, 1.165) is 5.56 Å². The third-order valence-corrected chi connectivity index (χ3v) is 12.9. The molecule has 3 atom stereocenters. The molecule has 18 nitrogen and oxygen atoms in total. The van der Waals surface area contributed by atoms with Crippen LogP contribution in [0.3, 0.4) is 0 Å². The number of hydrogen-bond acceptors (Lipinski definition) is 13. The number of amides is 3. The number of nitrogens with one attached hydrogen (secondary N) is 2. The number of rotatable bonds is 16. The summed E-state index contributed by atoms with van der Waals surface area (Å²) in [5, 5.41) is 14.4. The van der Waals surface area contributed by atoms with E-state index in [-0.39, 0.29) is 54.6 Å². The number of nitrogen functional groups attached to an aromatic ring is 1. The summed E-state index contributed by atoms with van der Waals surface area (Å²) in [4.78, 5) is 61.4. The number of aromatic amines is 1. The molecule has 0 radical (unpaired) electrons. The molecule has 7 rings (SSSR count). The first-order valence-corrected chi connectivity index (χ1v) is 23.0. The van der Waals surface area contributed by atoms with Crippen LogP contribution in [0.1, 0.15) is 46.5 Å². The molecule has 0 bridgehead atoms. The van der Waals surface area contributed by atoms with Crippen LogP contribution < -0.4 is 20.5 Å². The number of Topliss-reactive ketones (excluding diaryl/α,β-unsaturated/α-hetero) is 1. The van der Waals surface area contributed by atoms with Crippen LogP contribution in [-0.2, 0) is 30.7 Å². The van der Waals surface area contributed by atoms with Crippen molar-refractivity contribution in [3.8, 4) is 11.6 Å². The maximum Gasteiger partial charge on any atom is 0.407 e. The highest BCUT2D eigenvalue weighted by Crippen LogP contribution is 2.33. The first-order chi connectivity index (χ1) is 31.7. The number of methoxy groups -OCH3 is 2. The first kappa shape index (κ1) is 48.9. The number of ether oxygens (including phenoxy) is 4. The molecular weight excluding hydrogens is 871 g/mol. The van der Waals surface area contributed by atoms with Gasteiger partial charge in [-0.2, -0.15) is 4.31 Å². The molecule has 2 aromatic heterocycles. The number of piperazine rings is 1. The highest BCUT2D eigenvalue weighted by Gasteiger charge is 2.34. The minimum absolute atomic E-state index is 0.0126. The van der Waals surface area contributed by atoms with E-state index in [9.17, 15) is 32.7 Å². The standard InChI is InChI=1S/C25H35N3O6S.C22H22N4O5/c1-18(2)15-28(35(31,32)22-10-8-20(26)9-11-22)16-24(29)23(14-19-6-4-3-5-7-19)27-25(30)34-21-12-13-33-17-21;1-30-16-13-24-20(31-2)18-17(16)15(12-23-18)19(27)22(29)26-10-8-25(9-11-26)21(28)14-6-4-3-5-7-14/h3-11,18,21,23-24,29H,12-17,26H2,1-2H3,(H,27,30);3-7,12-13,23H,8-11H2,1-2H3/t21-,23-,24+;/m0./s1. The summed E-state index contributed by atoms with van der Waals surface area (Å²) >= 11 is 0. The summed E-state index contributed by atoms with van der Waals surface area (Å²) < 4.78 is 49.3. The average Bonchev–Trinajstić information content (AvgIpc) is 4.02. The van der Waals surface area contributed by atoms with Gasteiger partial charge >= 0.3 is 6.09 Å². The molecule has 0 aliphatic carbocycles. The molecule has 2 saturated heterocycles. The molecule has 3 amide bonds. The van der Waals surface area contributed by atoms with Crippen molar-refractivity contribution in [2.45, 2.75) is 49.8 Å². The average molecular weight is 928 g/mol. The van der Waals surface area contributed by atoms with Crippen LogP contribution in [0.5, 0.6) is 11.6 Å². The number of fused-ring (bicyclic) bond motifs is 1. The Balaban J connectivity index is 0.000000220. The largest absolute Gasteiger partial charge is 0.494 e. The summed E-state index contributed by atoms with van der Waals surface area (Å²) in [6, 6.07) is 23.5. The second kappa shape index (κ2) is 22.6. The quantitative estimate of drug-likeness (QED) is 0.0619. The molecule has 5 aromatic rings. The summed E-state index contributed by atoms with van der Waals surface area (Å²) in [7, 11) is -0.967. The smallest absolute Gasteiger partial charge is 0.407 e. The number of carbonyl (C=O) groups excluding carboxylic acids is 4. The Bertz CT molecular complexity index is 2530. The van der Waals surface area contributed by atoms with Crippen LogP contribution in [0.4, 0.5) is 10.5 Å². The molecule has 5 N–H and O–H groups in total. The van der Waals surface area contributed by atoms with E-state index >= 15 is 0 Å². The van der Waals surface area contributed by atoms with Crippen molar-refractivity contribution in [2.24, 2.45) is 5.92 Å². The predicted molar refractivity (Wildman–Crippen MR) is 246 cm³/mol. The molecule has 0 spiro atoms. The second-order valence-corrected chi connectivity index (χ2v) is 18.2. The van der Waals surface area contributed by atoms with Crippen molar-refractivity contribution >= 4 is 50.3 Å². The van der Waals surface area contributed by atoms with E-state index in [2.05, 4.69) is 15.3 Å². The topological polar surface area (TPSA) is 236 Å². The molecule has 4 heterocycles. The van der Waals surface area contributed by atoms with E-state index in [1.54, 1.807) is 17.0 Å². The molecule has 352 valence electrons. The molecule has 66 heavy (non-hydrogen) atoms. The van der Waals surface area contributed by atoms with Crippen LogP contribution in [0.15, 0.2) is 102 Å². The second-order valence-electron chi connectivity index (χ2n) is 16.3. The summed E-state index contributed by atoms with van der Waals surface area (Å²) in [6.07, 6.45) is 1.63. The van der Waals surface area contributed by atoms with Crippen LogP contribution in [0.2, 0.25) is 0 Å². The predicted octanol–water partition coefficient (Wildman–Crippen LogP) is 4.15. The van der Waals surface area contributed by atoms with Gasteiger partial charge in [0.1, 0.15) is 17.4 Å². The molecule has 0 saturated carbocycles. The number of aliphatic hydroxyl groups is 1. The fraction of sp³-hybridized carbons (Fsp3) is 0.383. The number of nitrogens with two attached hydrogens (primary N) is 1. The zero-order chi connectivity index (χ0) is 47.4. The van der Waals surface area contributed by atoms with Crippen molar-refractivity contribution in [1.82, 2.24) is 29.4 Å². The van der Waals surface area contributed by atoms with Crippen molar-refractivity contribution in [2.75, 3.05) is 72.4 Å². The Kier molecular flexibility index (Phi) is 16.7. The summed E-state index contributed by atoms with van der Waals surface area (Å²) in [5.41, 5.74) is 8.34. The third kappa shape index (κ3) is 12.2. The molecule has 2 fully saturated rings. The van der Waals surface area contributed by atoms with Gasteiger partial charge in [-0.3, -0.25) is 14.4 Å². The lowest BCUT2D eigenvalue weighted by molar-refractivity contribution is -0.127. The molecular formula is C47H57N7O11S. The Morgan fingerprint density at radius 3 is 2.18 bits per heavy atom. The molecule has 2 aliphatic rings. The van der Waals surface area contributed by atoms with Crippen LogP contribution in [0, 0.1) is 5.92 Å². The normalized spacial score (nSPS) is 16.0. The Morgan fingerprint density at radius 1 is 0.924 bits per heavy atom. The first-order valence-electron chi connectivity index (χ1n) is 21.6. The van der Waals surface area contributed by atoms with E-state index < -0.39 is 40.0 Å². The number of pyridine rings is 1. The SMILES string of the molecule is CC(C)CN(C[C@@H](O)[C@H](Cc1ccccc1)NC(=O)O[C@H]1CCOC1)S(=O)(=O)c1ccc(N)cc1.COc1ncc(OC)c2c(C(=O)C(=O)N3CCN(C(=O)c4ccccc4)CC3)c[nH]c12. The summed E-state index contributed by atoms with van der Waals surface area (Å²) in [6.45, 7) is 5.96. The minimum Gasteiger partial charge on any atom is -0.494 e. The van der Waals surface area contributed by atoms with Gasteiger partial charge in [0.15, 0.2) is 0 Å². The number of ketones is 1. The van der Waals surface area contributed by atoms with E-state index in [1.165, 1.54) is 60.1 Å². The van der Waals surface area contributed by atoms with E-state index in [4.69, 9.17) is 24.7 Å². The van der Waals surface area contributed by atoms with Gasteiger partial charge in [0.2, 0.25) is 15.9 Å². The number of aromatic nitrogens is 2. The zero-order valence-corrected chi connectivity index (χ0v) is 38.2. The van der Waals surface area contributed by atoms with Gasteiger partial charge < -0.3 is 49.9 Å². The van der Waals surface area contributed by atoms with Crippen molar-refractivity contribution in [3.63, 3.8) is 0 Å². The van der Waals surface area contributed by atoms with Gasteiger partial charge in [0.25, 0.3) is 17.6 Å². The van der Waals surface area contributed by atoms with Crippen LogP contribution in [0.25, 0.3) is 10.9 Å². The summed E-state index contributed by atoms with van der Waals surface area (Å²) in [5.74, 6) is -0.674. The maximum atomic E-state index is 13.4. The maximum absolute atomic E-state index is 13.4. The lowest BCUT2D eigenvalue weighted by Crippen LogP contribution is -2.52. The Labute approximate surface area is 384 Å². The lowest BCUT2D eigenvalue weighted by Gasteiger charge is -2.34. The van der Waals surface area contributed by atoms with Gasteiger partial charge in [-0.25, -0.2) is 18.2 Å². The fourth-order valence-electron chi connectivity index (χ4n) is 7.61. The third-order valence-electron chi connectivity index (χ3n) is 11.1. The van der Waals surface area contributed by atoms with Crippen molar-refractivity contribution in [3.05, 3.63) is 114 Å². The van der Waals surface area contributed by atoms with Gasteiger partial charge in [0, 0.05) is 63.1 Å². The number of aliphatic hydroxyl groups excluding tert-OH is 1. The fourth-order valence-corrected chi connectivity index (χ4v) is 9.24. The molecule has 0 unspecified atom stereocenters. The van der Waals surface area contributed by atoms with Crippen molar-refractivity contribution < 1.29 is 51.6 Å². The number of anilines is 1. The minimum atomic E-state index is -3.90. The zero-order valence-electron chi connectivity index (χ0n) is 37.4. The van der Waals surface area contributed by atoms with Gasteiger partial charge in [0.05, 0.1) is 61.6 Å². The highest BCUT2D eigenvalue weighted by molar-refractivity contribution is 7.89. The van der Waals surface area contributed by atoms with Gasteiger partial charge in [-0.15, -0.1) is 0 Å².